The molecule has 0 spiro atoms. The van der Waals surface area contributed by atoms with Crippen LogP contribution in [-0.4, -0.2) is 39.5 Å². The normalized spacial score (nSPS) is 25.4. The molecule has 0 aromatic carbocycles. The van der Waals surface area contributed by atoms with Gasteiger partial charge in [-0.05, 0) is 31.2 Å². The van der Waals surface area contributed by atoms with Gasteiger partial charge in [0.2, 0.25) is 0 Å². The van der Waals surface area contributed by atoms with E-state index < -0.39 is 0 Å². The maximum atomic E-state index is 5.79. The third kappa shape index (κ3) is 6.24. The zero-order valence-corrected chi connectivity index (χ0v) is 13.1. The third-order valence-electron chi connectivity index (χ3n) is 4.39. The molecule has 0 bridgehead atoms. The molecule has 1 aliphatic rings. The number of hydrogen-bond acceptors (Lipinski definition) is 3. The zero-order valence-electron chi connectivity index (χ0n) is 13.1. The molecule has 0 radical (unpaired) electrons. The Morgan fingerprint density at radius 3 is 2.63 bits per heavy atom. The fourth-order valence-corrected chi connectivity index (χ4v) is 3.29. The van der Waals surface area contributed by atoms with Crippen LogP contribution in [0.15, 0.2) is 0 Å². The van der Waals surface area contributed by atoms with Gasteiger partial charge in [-0.3, -0.25) is 0 Å². The summed E-state index contributed by atoms with van der Waals surface area (Å²) in [5.74, 6) is 1.68. The van der Waals surface area contributed by atoms with Gasteiger partial charge in [-0.25, -0.2) is 0 Å². The molecular formula is C16H33NO2. The second-order valence-electron chi connectivity index (χ2n) is 5.74. The summed E-state index contributed by atoms with van der Waals surface area (Å²) in [7, 11) is 1.73. The van der Waals surface area contributed by atoms with E-state index in [1.165, 1.54) is 38.5 Å². The van der Waals surface area contributed by atoms with Crippen LogP contribution in [0.3, 0.4) is 0 Å². The quantitative estimate of drug-likeness (QED) is 0.619. The first-order chi connectivity index (χ1) is 9.33. The summed E-state index contributed by atoms with van der Waals surface area (Å²) in [4.78, 5) is 0. The van der Waals surface area contributed by atoms with E-state index in [4.69, 9.17) is 9.47 Å². The van der Waals surface area contributed by atoms with Crippen molar-refractivity contribution in [2.45, 2.75) is 58.4 Å². The molecular weight excluding hydrogens is 238 g/mol. The first-order valence-corrected chi connectivity index (χ1v) is 8.13. The number of hydrogen-bond donors (Lipinski definition) is 1. The van der Waals surface area contributed by atoms with Gasteiger partial charge >= 0.3 is 0 Å². The highest BCUT2D eigenvalue weighted by Crippen LogP contribution is 2.34. The number of methoxy groups -OCH3 is 1. The molecule has 3 unspecified atom stereocenters. The third-order valence-corrected chi connectivity index (χ3v) is 4.39. The van der Waals surface area contributed by atoms with Crippen LogP contribution in [-0.2, 0) is 9.47 Å². The SMILES string of the molecule is CCCNC(COCCOC)C1CCCCC1CC. The average Bonchev–Trinajstić information content (AvgIpc) is 2.46. The van der Waals surface area contributed by atoms with Gasteiger partial charge in [-0.1, -0.05) is 39.5 Å². The van der Waals surface area contributed by atoms with Crippen LogP contribution in [0.4, 0.5) is 0 Å². The molecule has 1 aliphatic carbocycles. The maximum Gasteiger partial charge on any atom is 0.0701 e. The molecule has 3 atom stereocenters. The van der Waals surface area contributed by atoms with E-state index in [2.05, 4.69) is 19.2 Å². The smallest absolute Gasteiger partial charge is 0.0701 e. The van der Waals surface area contributed by atoms with Crippen molar-refractivity contribution in [1.82, 2.24) is 5.32 Å². The summed E-state index contributed by atoms with van der Waals surface area (Å²) in [6, 6.07) is 0.530. The van der Waals surface area contributed by atoms with Gasteiger partial charge in [0.05, 0.1) is 19.8 Å². The van der Waals surface area contributed by atoms with Gasteiger partial charge in [-0.15, -0.1) is 0 Å². The summed E-state index contributed by atoms with van der Waals surface area (Å²) in [5, 5.41) is 3.71. The van der Waals surface area contributed by atoms with Crippen molar-refractivity contribution in [3.63, 3.8) is 0 Å². The van der Waals surface area contributed by atoms with E-state index >= 15 is 0 Å². The molecule has 3 nitrogen and oxygen atoms in total. The predicted octanol–water partition coefficient (Wildman–Crippen LogP) is 3.23. The predicted molar refractivity (Wildman–Crippen MR) is 80.5 cm³/mol. The van der Waals surface area contributed by atoms with E-state index in [-0.39, 0.29) is 0 Å². The van der Waals surface area contributed by atoms with E-state index in [1.807, 2.05) is 0 Å². The second-order valence-corrected chi connectivity index (χ2v) is 5.74. The Kier molecular flexibility index (Phi) is 9.48. The van der Waals surface area contributed by atoms with Crippen LogP contribution < -0.4 is 5.32 Å². The number of nitrogens with one attached hydrogen (secondary N) is 1. The molecule has 0 saturated heterocycles. The van der Waals surface area contributed by atoms with Gasteiger partial charge in [0.25, 0.3) is 0 Å². The van der Waals surface area contributed by atoms with Crippen LogP contribution in [0.5, 0.6) is 0 Å². The van der Waals surface area contributed by atoms with Crippen molar-refractivity contribution in [3.8, 4) is 0 Å². The molecule has 3 heteroatoms. The summed E-state index contributed by atoms with van der Waals surface area (Å²) >= 11 is 0. The molecule has 0 aromatic rings. The molecule has 19 heavy (non-hydrogen) atoms. The lowest BCUT2D eigenvalue weighted by Crippen LogP contribution is -2.44. The van der Waals surface area contributed by atoms with E-state index in [1.54, 1.807) is 7.11 Å². The number of ether oxygens (including phenoxy) is 2. The Bertz CT molecular complexity index is 211. The summed E-state index contributed by atoms with van der Waals surface area (Å²) in [5.41, 5.74) is 0. The van der Waals surface area contributed by atoms with Crippen molar-refractivity contribution in [3.05, 3.63) is 0 Å². The minimum atomic E-state index is 0.530. The summed E-state index contributed by atoms with van der Waals surface area (Å²) < 4.78 is 10.8. The van der Waals surface area contributed by atoms with Gasteiger partial charge in [0.15, 0.2) is 0 Å². The average molecular weight is 271 g/mol. The van der Waals surface area contributed by atoms with Gasteiger partial charge < -0.3 is 14.8 Å². The van der Waals surface area contributed by atoms with Crippen LogP contribution >= 0.6 is 0 Å². The Morgan fingerprint density at radius 1 is 1.16 bits per heavy atom. The Balaban J connectivity index is 2.44. The first-order valence-electron chi connectivity index (χ1n) is 8.13. The van der Waals surface area contributed by atoms with Crippen LogP contribution in [0.2, 0.25) is 0 Å². The molecule has 0 amide bonds. The standard InChI is InChI=1S/C16H33NO2/c1-4-10-17-16(13-19-12-11-18-3)15-9-7-6-8-14(15)5-2/h14-17H,4-13H2,1-3H3. The molecule has 1 N–H and O–H groups in total. The number of rotatable bonds is 10. The maximum absolute atomic E-state index is 5.79. The molecule has 1 fully saturated rings. The van der Waals surface area contributed by atoms with E-state index in [9.17, 15) is 0 Å². The Morgan fingerprint density at radius 2 is 1.95 bits per heavy atom. The van der Waals surface area contributed by atoms with E-state index in [0.717, 1.165) is 25.0 Å². The lowest BCUT2D eigenvalue weighted by Gasteiger charge is -2.37. The molecule has 0 aromatic heterocycles. The van der Waals surface area contributed by atoms with E-state index in [0.29, 0.717) is 19.3 Å². The monoisotopic (exact) mass is 271 g/mol. The fraction of sp³-hybridized carbons (Fsp3) is 1.00. The topological polar surface area (TPSA) is 30.5 Å². The van der Waals surface area contributed by atoms with Crippen LogP contribution in [0, 0.1) is 11.8 Å². The minimum Gasteiger partial charge on any atom is -0.382 e. The van der Waals surface area contributed by atoms with Crippen LogP contribution in [0.25, 0.3) is 0 Å². The van der Waals surface area contributed by atoms with Crippen LogP contribution in [0.1, 0.15) is 52.4 Å². The summed E-state index contributed by atoms with van der Waals surface area (Å²) in [6.45, 7) is 7.92. The van der Waals surface area contributed by atoms with Crippen molar-refractivity contribution < 1.29 is 9.47 Å². The van der Waals surface area contributed by atoms with Crippen molar-refractivity contribution in [2.75, 3.05) is 33.5 Å². The zero-order chi connectivity index (χ0) is 13.9. The van der Waals surface area contributed by atoms with Crippen molar-refractivity contribution in [2.24, 2.45) is 11.8 Å². The fourth-order valence-electron chi connectivity index (χ4n) is 3.29. The molecule has 1 rings (SSSR count). The highest BCUT2D eigenvalue weighted by molar-refractivity contribution is 4.84. The van der Waals surface area contributed by atoms with Gasteiger partial charge in [-0.2, -0.15) is 0 Å². The highest BCUT2D eigenvalue weighted by Gasteiger charge is 2.30. The van der Waals surface area contributed by atoms with Crippen molar-refractivity contribution in [1.29, 1.82) is 0 Å². The van der Waals surface area contributed by atoms with Gasteiger partial charge in [0, 0.05) is 13.2 Å². The molecule has 114 valence electrons. The van der Waals surface area contributed by atoms with Gasteiger partial charge in [0.1, 0.15) is 0 Å². The molecule has 1 saturated carbocycles. The lowest BCUT2D eigenvalue weighted by molar-refractivity contribution is 0.0351. The Labute approximate surface area is 119 Å². The first kappa shape index (κ1) is 16.9. The second kappa shape index (κ2) is 10.6. The molecule has 0 heterocycles. The summed E-state index contributed by atoms with van der Waals surface area (Å²) in [6.07, 6.45) is 8.09. The molecule has 0 aliphatic heterocycles. The largest absolute Gasteiger partial charge is 0.382 e. The Hall–Kier alpha value is -0.120. The highest BCUT2D eigenvalue weighted by atomic mass is 16.5. The van der Waals surface area contributed by atoms with Crippen molar-refractivity contribution >= 4 is 0 Å². The minimum absolute atomic E-state index is 0.530. The lowest BCUT2D eigenvalue weighted by atomic mass is 9.74.